The van der Waals surface area contributed by atoms with Crippen LogP contribution in [0.2, 0.25) is 0 Å². The summed E-state index contributed by atoms with van der Waals surface area (Å²) in [5.41, 5.74) is 4.91. The van der Waals surface area contributed by atoms with Crippen LogP contribution in [0, 0.1) is 6.92 Å². The Kier molecular flexibility index (Phi) is 4.63. The van der Waals surface area contributed by atoms with Crippen LogP contribution < -0.4 is 10.1 Å². The van der Waals surface area contributed by atoms with Gasteiger partial charge in [-0.15, -0.1) is 0 Å². The minimum atomic E-state index is 0.204. The van der Waals surface area contributed by atoms with Crippen molar-refractivity contribution in [2.45, 2.75) is 19.4 Å². The number of aryl methyl sites for hydroxylation is 2. The summed E-state index contributed by atoms with van der Waals surface area (Å²) >= 11 is 0. The number of rotatable bonds is 5. The number of hydrogen-bond acceptors (Lipinski definition) is 6. The second-order valence-electron chi connectivity index (χ2n) is 7.90. The zero-order valence-corrected chi connectivity index (χ0v) is 17.4. The van der Waals surface area contributed by atoms with Gasteiger partial charge in [0.1, 0.15) is 11.8 Å². The van der Waals surface area contributed by atoms with Gasteiger partial charge in [0.15, 0.2) is 11.6 Å². The van der Waals surface area contributed by atoms with Crippen LogP contribution in [0.4, 0.5) is 11.5 Å². The molecule has 30 heavy (non-hydrogen) atoms. The number of likely N-dealkylation sites (N-methyl/N-ethyl adjacent to an activating group) is 1. The molecule has 8 heteroatoms. The van der Waals surface area contributed by atoms with Gasteiger partial charge < -0.3 is 15.0 Å². The van der Waals surface area contributed by atoms with Gasteiger partial charge in [-0.05, 0) is 44.7 Å². The van der Waals surface area contributed by atoms with Crippen molar-refractivity contribution in [3.05, 3.63) is 54.6 Å². The van der Waals surface area contributed by atoms with Crippen LogP contribution in [-0.4, -0.2) is 55.5 Å². The molecule has 1 atom stereocenters. The molecule has 0 aromatic carbocycles. The maximum Gasteiger partial charge on any atom is 0.165 e. The minimum absolute atomic E-state index is 0.204. The number of aromatic nitrogens is 5. The molecule has 1 aliphatic heterocycles. The molecule has 5 heterocycles. The molecule has 4 aromatic heterocycles. The molecule has 0 radical (unpaired) electrons. The van der Waals surface area contributed by atoms with Gasteiger partial charge >= 0.3 is 0 Å². The second kappa shape index (κ2) is 7.46. The first kappa shape index (κ1) is 18.6. The molecule has 4 aromatic rings. The van der Waals surface area contributed by atoms with Crippen molar-refractivity contribution in [2.24, 2.45) is 7.05 Å². The maximum absolute atomic E-state index is 6.29. The van der Waals surface area contributed by atoms with E-state index < -0.39 is 0 Å². The summed E-state index contributed by atoms with van der Waals surface area (Å²) in [4.78, 5) is 6.61. The van der Waals surface area contributed by atoms with Gasteiger partial charge in [-0.1, -0.05) is 0 Å². The first-order valence-corrected chi connectivity index (χ1v) is 10.1. The molecule has 0 spiro atoms. The fraction of sp³-hybridized carbons (Fsp3) is 0.318. The van der Waals surface area contributed by atoms with Crippen molar-refractivity contribution in [1.29, 1.82) is 0 Å². The van der Waals surface area contributed by atoms with Crippen molar-refractivity contribution >= 4 is 17.0 Å². The highest BCUT2D eigenvalue weighted by Crippen LogP contribution is 2.32. The fourth-order valence-electron chi connectivity index (χ4n) is 3.90. The Labute approximate surface area is 175 Å². The highest BCUT2D eigenvalue weighted by Gasteiger charge is 2.23. The van der Waals surface area contributed by atoms with E-state index in [-0.39, 0.29) is 6.10 Å². The van der Waals surface area contributed by atoms with Gasteiger partial charge in [-0.3, -0.25) is 9.67 Å². The topological polar surface area (TPSA) is 72.5 Å². The van der Waals surface area contributed by atoms with Crippen LogP contribution in [0.15, 0.2) is 48.9 Å². The number of hydrogen-bond donors (Lipinski definition) is 1. The standard InChI is InChI=1S/C22H25N7O/c1-15-4-5-17(12-23-15)25-21-11-18-10-16(6-9-29(18)26-21)22-20(13-24-28(22)3)30-19-7-8-27(2)14-19/h4-6,9-13,19H,7-8,14H2,1-3H3,(H,25,26)/t19-/m0/s1. The molecule has 0 saturated carbocycles. The molecular weight excluding hydrogens is 378 g/mol. The quantitative estimate of drug-likeness (QED) is 0.551. The smallest absolute Gasteiger partial charge is 0.165 e. The minimum Gasteiger partial charge on any atom is -0.485 e. The van der Waals surface area contributed by atoms with Gasteiger partial charge in [-0.2, -0.15) is 10.2 Å². The number of nitrogens with zero attached hydrogens (tertiary/aromatic N) is 6. The summed E-state index contributed by atoms with van der Waals surface area (Å²) in [5, 5.41) is 12.4. The lowest BCUT2D eigenvalue weighted by Gasteiger charge is -2.14. The van der Waals surface area contributed by atoms with E-state index in [0.29, 0.717) is 0 Å². The third-order valence-electron chi connectivity index (χ3n) is 5.47. The molecule has 1 aliphatic rings. The summed E-state index contributed by atoms with van der Waals surface area (Å²) in [6.07, 6.45) is 6.82. The summed E-state index contributed by atoms with van der Waals surface area (Å²) in [6.45, 7) is 3.98. The van der Waals surface area contributed by atoms with Crippen molar-refractivity contribution in [3.8, 4) is 17.0 Å². The van der Waals surface area contributed by atoms with E-state index in [1.165, 1.54) is 0 Å². The van der Waals surface area contributed by atoms with Crippen LogP contribution >= 0.6 is 0 Å². The number of likely N-dealkylation sites (tertiary alicyclic amines) is 1. The van der Waals surface area contributed by atoms with Gasteiger partial charge in [-0.25, -0.2) is 4.52 Å². The molecular formula is C22H25N7O. The Morgan fingerprint density at radius 2 is 2.03 bits per heavy atom. The molecule has 0 unspecified atom stereocenters. The number of nitrogens with one attached hydrogen (secondary N) is 1. The lowest BCUT2D eigenvalue weighted by atomic mass is 10.1. The molecule has 8 nitrogen and oxygen atoms in total. The van der Waals surface area contributed by atoms with Crippen molar-refractivity contribution in [2.75, 3.05) is 25.5 Å². The molecule has 5 rings (SSSR count). The van der Waals surface area contributed by atoms with Crippen molar-refractivity contribution < 1.29 is 4.74 Å². The first-order valence-electron chi connectivity index (χ1n) is 10.1. The molecule has 154 valence electrons. The van der Waals surface area contributed by atoms with E-state index in [4.69, 9.17) is 4.74 Å². The van der Waals surface area contributed by atoms with Crippen LogP contribution in [0.3, 0.4) is 0 Å². The average molecular weight is 403 g/mol. The van der Waals surface area contributed by atoms with E-state index in [9.17, 15) is 0 Å². The van der Waals surface area contributed by atoms with E-state index in [2.05, 4.69) is 38.5 Å². The second-order valence-corrected chi connectivity index (χ2v) is 7.90. The lowest BCUT2D eigenvalue weighted by Crippen LogP contribution is -2.21. The SMILES string of the molecule is Cc1ccc(Nc2cc3cc(-c4c(O[C@H]5CCN(C)C5)cnn4C)ccn3n2)cn1. The van der Waals surface area contributed by atoms with E-state index in [0.717, 1.165) is 59.2 Å². The predicted molar refractivity (Wildman–Crippen MR) is 116 cm³/mol. The van der Waals surface area contributed by atoms with Crippen molar-refractivity contribution in [1.82, 2.24) is 29.3 Å². The summed E-state index contributed by atoms with van der Waals surface area (Å²) in [7, 11) is 4.07. The van der Waals surface area contributed by atoms with E-state index in [1.807, 2.05) is 66.0 Å². The monoisotopic (exact) mass is 403 g/mol. The van der Waals surface area contributed by atoms with Crippen LogP contribution in [0.1, 0.15) is 12.1 Å². The Hall–Kier alpha value is -3.39. The Morgan fingerprint density at radius 3 is 2.80 bits per heavy atom. The number of ether oxygens (including phenoxy) is 1. The van der Waals surface area contributed by atoms with Gasteiger partial charge in [0.25, 0.3) is 0 Å². The number of pyridine rings is 2. The van der Waals surface area contributed by atoms with Gasteiger partial charge in [0.05, 0.1) is 23.6 Å². The lowest BCUT2D eigenvalue weighted by molar-refractivity contribution is 0.209. The first-order chi connectivity index (χ1) is 14.5. The maximum atomic E-state index is 6.29. The Morgan fingerprint density at radius 1 is 1.13 bits per heavy atom. The molecule has 1 saturated heterocycles. The van der Waals surface area contributed by atoms with Crippen molar-refractivity contribution in [3.63, 3.8) is 0 Å². The third-order valence-corrected chi connectivity index (χ3v) is 5.47. The highest BCUT2D eigenvalue weighted by atomic mass is 16.5. The van der Waals surface area contributed by atoms with Gasteiger partial charge in [0.2, 0.25) is 0 Å². The number of fused-ring (bicyclic) bond motifs is 1. The van der Waals surface area contributed by atoms with Crippen LogP contribution in [-0.2, 0) is 7.05 Å². The molecule has 0 bridgehead atoms. The Bertz CT molecular complexity index is 1180. The largest absolute Gasteiger partial charge is 0.485 e. The molecule has 1 N–H and O–H groups in total. The summed E-state index contributed by atoms with van der Waals surface area (Å²) < 4.78 is 10.0. The Balaban J connectivity index is 1.42. The molecule has 1 fully saturated rings. The zero-order valence-electron chi connectivity index (χ0n) is 17.4. The fourth-order valence-corrected chi connectivity index (χ4v) is 3.90. The molecule has 0 aliphatic carbocycles. The van der Waals surface area contributed by atoms with E-state index >= 15 is 0 Å². The number of anilines is 2. The summed E-state index contributed by atoms with van der Waals surface area (Å²) in [5.74, 6) is 1.60. The molecule has 0 amide bonds. The van der Waals surface area contributed by atoms with Crippen LogP contribution in [0.5, 0.6) is 5.75 Å². The van der Waals surface area contributed by atoms with Gasteiger partial charge in [0, 0.05) is 43.7 Å². The predicted octanol–water partition coefficient (Wildman–Crippen LogP) is 3.26. The van der Waals surface area contributed by atoms with Crippen LogP contribution in [0.25, 0.3) is 16.8 Å². The summed E-state index contributed by atoms with van der Waals surface area (Å²) in [6, 6.07) is 10.1. The third kappa shape index (κ3) is 3.61. The average Bonchev–Trinajstić information content (AvgIpc) is 3.42. The normalized spacial score (nSPS) is 17.0. The van der Waals surface area contributed by atoms with E-state index in [1.54, 1.807) is 0 Å². The zero-order chi connectivity index (χ0) is 20.7. The highest BCUT2D eigenvalue weighted by molar-refractivity contribution is 5.73.